The quantitative estimate of drug-likeness (QED) is 0.666. The maximum absolute atomic E-state index is 10.8. The van der Waals surface area contributed by atoms with E-state index in [1.54, 1.807) is 0 Å². The lowest BCUT2D eigenvalue weighted by Gasteiger charge is -2.72. The highest BCUT2D eigenvalue weighted by molar-refractivity contribution is 5.79. The van der Waals surface area contributed by atoms with Crippen LogP contribution >= 0.6 is 0 Å². The fourth-order valence-electron chi connectivity index (χ4n) is 3.12. The second-order valence-corrected chi connectivity index (χ2v) is 4.71. The van der Waals surface area contributed by atoms with Gasteiger partial charge in [0.05, 0.1) is 18.6 Å². The molecule has 0 spiro atoms. The topological polar surface area (TPSA) is 46.5 Å². The molecule has 0 radical (unpaired) electrons. The third kappa shape index (κ3) is 0.534. The first-order chi connectivity index (χ1) is 5.67. The van der Waals surface area contributed by atoms with Crippen LogP contribution in [0.15, 0.2) is 0 Å². The van der Waals surface area contributed by atoms with Crippen molar-refractivity contribution in [2.24, 2.45) is 16.7 Å². The van der Waals surface area contributed by atoms with Crippen LogP contribution in [0.3, 0.4) is 0 Å². The SMILES string of the molecule is O=C(O)C12CC(C3COC3)(C1)C2. The van der Waals surface area contributed by atoms with E-state index in [0.717, 1.165) is 32.5 Å². The van der Waals surface area contributed by atoms with Crippen LogP contribution in [0.25, 0.3) is 0 Å². The van der Waals surface area contributed by atoms with Gasteiger partial charge in [0.15, 0.2) is 0 Å². The molecule has 66 valence electrons. The predicted molar refractivity (Wildman–Crippen MR) is 40.7 cm³/mol. The van der Waals surface area contributed by atoms with E-state index in [1.165, 1.54) is 0 Å². The molecule has 3 saturated carbocycles. The second kappa shape index (κ2) is 1.69. The molecule has 3 nitrogen and oxygen atoms in total. The Labute approximate surface area is 70.7 Å². The zero-order valence-electron chi connectivity index (χ0n) is 6.88. The van der Waals surface area contributed by atoms with Crippen LogP contribution in [0.1, 0.15) is 19.3 Å². The fourth-order valence-corrected chi connectivity index (χ4v) is 3.12. The molecule has 0 unspecified atom stereocenters. The molecule has 12 heavy (non-hydrogen) atoms. The third-order valence-corrected chi connectivity index (χ3v) is 4.03. The maximum atomic E-state index is 10.8. The van der Waals surface area contributed by atoms with Crippen LogP contribution in [0.2, 0.25) is 0 Å². The lowest BCUT2D eigenvalue weighted by molar-refractivity contribution is -0.277. The van der Waals surface area contributed by atoms with E-state index in [0.29, 0.717) is 11.3 Å². The number of carbonyl (C=O) groups is 1. The Morgan fingerprint density at radius 1 is 1.33 bits per heavy atom. The maximum Gasteiger partial charge on any atom is 0.309 e. The van der Waals surface area contributed by atoms with E-state index in [1.807, 2.05) is 0 Å². The Kier molecular flexibility index (Phi) is 0.971. The van der Waals surface area contributed by atoms with Gasteiger partial charge in [-0.3, -0.25) is 4.79 Å². The first-order valence-electron chi connectivity index (χ1n) is 4.48. The van der Waals surface area contributed by atoms with Crippen LogP contribution < -0.4 is 0 Å². The van der Waals surface area contributed by atoms with Crippen LogP contribution in [0.5, 0.6) is 0 Å². The Bertz CT molecular complexity index is 235. The van der Waals surface area contributed by atoms with Crippen LogP contribution in [0.4, 0.5) is 0 Å². The van der Waals surface area contributed by atoms with E-state index < -0.39 is 5.97 Å². The standard InChI is InChI=1S/C9H12O3/c10-7(11)9-3-8(4-9,5-9)6-1-12-2-6/h6H,1-5H2,(H,10,11). The van der Waals surface area contributed by atoms with Crippen molar-refractivity contribution in [1.29, 1.82) is 0 Å². The number of hydrogen-bond acceptors (Lipinski definition) is 2. The Hall–Kier alpha value is -0.570. The average Bonchev–Trinajstić information content (AvgIpc) is 1.66. The molecule has 0 amide bonds. The van der Waals surface area contributed by atoms with Crippen molar-refractivity contribution in [3.63, 3.8) is 0 Å². The van der Waals surface area contributed by atoms with Gasteiger partial charge in [-0.25, -0.2) is 0 Å². The van der Waals surface area contributed by atoms with Crippen molar-refractivity contribution in [3.05, 3.63) is 0 Å². The number of hydrogen-bond donors (Lipinski definition) is 1. The molecule has 4 aliphatic rings. The molecular weight excluding hydrogens is 156 g/mol. The molecule has 1 heterocycles. The molecule has 4 rings (SSSR count). The van der Waals surface area contributed by atoms with E-state index in [2.05, 4.69) is 0 Å². The van der Waals surface area contributed by atoms with E-state index in [-0.39, 0.29) is 5.41 Å². The van der Waals surface area contributed by atoms with E-state index in [4.69, 9.17) is 9.84 Å². The molecule has 0 aromatic heterocycles. The summed E-state index contributed by atoms with van der Waals surface area (Å²) in [5, 5.41) is 8.89. The molecule has 0 aromatic carbocycles. The molecule has 1 N–H and O–H groups in total. The lowest BCUT2D eigenvalue weighted by atomic mass is 9.32. The fraction of sp³-hybridized carbons (Fsp3) is 0.889. The van der Waals surface area contributed by atoms with Crippen molar-refractivity contribution < 1.29 is 14.6 Å². The number of carboxylic acid groups (broad SMARTS) is 1. The van der Waals surface area contributed by atoms with Crippen LogP contribution in [-0.2, 0) is 9.53 Å². The Morgan fingerprint density at radius 3 is 2.25 bits per heavy atom. The highest BCUT2D eigenvalue weighted by Crippen LogP contribution is 2.76. The first kappa shape index (κ1) is 6.89. The molecule has 0 aromatic rings. The minimum absolute atomic E-state index is 0.296. The van der Waals surface area contributed by atoms with E-state index in [9.17, 15) is 4.79 Å². The minimum atomic E-state index is -0.579. The van der Waals surface area contributed by atoms with E-state index >= 15 is 0 Å². The monoisotopic (exact) mass is 168 g/mol. The number of aliphatic carboxylic acids is 1. The summed E-state index contributed by atoms with van der Waals surface area (Å²) in [6.45, 7) is 1.74. The molecule has 3 heteroatoms. The largest absolute Gasteiger partial charge is 0.481 e. The van der Waals surface area contributed by atoms with Gasteiger partial charge in [-0.2, -0.15) is 0 Å². The number of carboxylic acids is 1. The summed E-state index contributed by atoms with van der Waals surface area (Å²) in [6.07, 6.45) is 2.76. The van der Waals surface area contributed by atoms with Gasteiger partial charge in [-0.15, -0.1) is 0 Å². The highest BCUT2D eigenvalue weighted by atomic mass is 16.5. The van der Waals surface area contributed by atoms with Gasteiger partial charge in [0.25, 0.3) is 0 Å². The molecule has 2 bridgehead atoms. The highest BCUT2D eigenvalue weighted by Gasteiger charge is 2.74. The van der Waals surface area contributed by atoms with Gasteiger partial charge >= 0.3 is 5.97 Å². The lowest BCUT2D eigenvalue weighted by Crippen LogP contribution is -2.70. The zero-order chi connectivity index (χ0) is 8.40. The summed E-state index contributed by atoms with van der Waals surface area (Å²) in [6, 6.07) is 0. The summed E-state index contributed by atoms with van der Waals surface area (Å²) in [7, 11) is 0. The van der Waals surface area contributed by atoms with Gasteiger partial charge in [0.2, 0.25) is 0 Å². The van der Waals surface area contributed by atoms with Gasteiger partial charge in [0.1, 0.15) is 0 Å². The summed E-state index contributed by atoms with van der Waals surface area (Å²) in [5.74, 6) is 0.100. The first-order valence-corrected chi connectivity index (χ1v) is 4.48. The normalized spacial score (nSPS) is 50.3. The number of rotatable bonds is 2. The Balaban J connectivity index is 1.70. The summed E-state index contributed by atoms with van der Waals surface area (Å²) >= 11 is 0. The molecule has 0 atom stereocenters. The van der Waals surface area contributed by atoms with Crippen molar-refractivity contribution >= 4 is 5.97 Å². The minimum Gasteiger partial charge on any atom is -0.481 e. The van der Waals surface area contributed by atoms with Gasteiger partial charge in [-0.1, -0.05) is 0 Å². The van der Waals surface area contributed by atoms with Gasteiger partial charge in [-0.05, 0) is 24.7 Å². The van der Waals surface area contributed by atoms with Crippen LogP contribution in [0, 0.1) is 16.7 Å². The van der Waals surface area contributed by atoms with Crippen molar-refractivity contribution in [3.8, 4) is 0 Å². The molecule has 3 aliphatic carbocycles. The summed E-state index contributed by atoms with van der Waals surface area (Å²) in [5.41, 5.74) is 0.103. The average molecular weight is 168 g/mol. The zero-order valence-corrected chi connectivity index (χ0v) is 6.88. The molecule has 4 fully saturated rings. The molecule has 1 saturated heterocycles. The predicted octanol–water partition coefficient (Wildman–Crippen LogP) is 0.888. The third-order valence-electron chi connectivity index (χ3n) is 4.03. The van der Waals surface area contributed by atoms with Crippen molar-refractivity contribution in [2.45, 2.75) is 19.3 Å². The molecule has 1 aliphatic heterocycles. The summed E-state index contributed by atoms with van der Waals surface area (Å²) < 4.78 is 5.13. The summed E-state index contributed by atoms with van der Waals surface area (Å²) in [4.78, 5) is 10.8. The van der Waals surface area contributed by atoms with Crippen molar-refractivity contribution in [1.82, 2.24) is 0 Å². The Morgan fingerprint density at radius 2 is 1.92 bits per heavy atom. The molecular formula is C9H12O3. The van der Waals surface area contributed by atoms with Crippen LogP contribution in [-0.4, -0.2) is 24.3 Å². The second-order valence-electron chi connectivity index (χ2n) is 4.71. The van der Waals surface area contributed by atoms with Gasteiger partial charge < -0.3 is 9.84 Å². The van der Waals surface area contributed by atoms with Crippen molar-refractivity contribution in [2.75, 3.05) is 13.2 Å². The number of ether oxygens (including phenoxy) is 1. The van der Waals surface area contributed by atoms with Gasteiger partial charge in [0, 0.05) is 5.92 Å². The smallest absolute Gasteiger partial charge is 0.309 e.